The molecule has 0 aliphatic carbocycles. The molecule has 29 heavy (non-hydrogen) atoms. The molecule has 2 atom stereocenters. The highest BCUT2D eigenvalue weighted by atomic mass is 16.2. The molecule has 2 aromatic carbocycles. The number of fused-ring (bicyclic) bond motifs is 1. The zero-order chi connectivity index (χ0) is 20.0. The number of anilines is 2. The zero-order valence-corrected chi connectivity index (χ0v) is 16.1. The molecule has 3 aromatic rings. The second-order valence-corrected chi connectivity index (χ2v) is 7.57. The molecule has 3 heterocycles. The molecule has 1 saturated heterocycles. The Bertz CT molecular complexity index is 1060. The van der Waals surface area contributed by atoms with Crippen molar-refractivity contribution in [3.8, 4) is 0 Å². The number of nitrogens with one attached hydrogen (secondary N) is 1. The van der Waals surface area contributed by atoms with Gasteiger partial charge >= 0.3 is 0 Å². The predicted octanol–water partition coefficient (Wildman–Crippen LogP) is 3.39. The highest BCUT2D eigenvalue weighted by molar-refractivity contribution is 6.18. The number of imide groups is 1. The largest absolute Gasteiger partial charge is 0.347 e. The van der Waals surface area contributed by atoms with Gasteiger partial charge in [-0.3, -0.25) is 9.59 Å². The molecular formula is C22H21N5O2. The molecule has 146 valence electrons. The van der Waals surface area contributed by atoms with Gasteiger partial charge in [-0.1, -0.05) is 60.2 Å². The maximum atomic E-state index is 12.2. The van der Waals surface area contributed by atoms with Crippen LogP contribution in [-0.4, -0.2) is 26.6 Å². The third-order valence-corrected chi connectivity index (χ3v) is 5.59. The van der Waals surface area contributed by atoms with Crippen molar-refractivity contribution in [2.24, 2.45) is 0 Å². The zero-order valence-electron chi connectivity index (χ0n) is 16.1. The summed E-state index contributed by atoms with van der Waals surface area (Å²) in [5, 5.41) is 8.01. The Hall–Kier alpha value is -3.48. The number of carbonyl (C=O) groups is 2. The second kappa shape index (κ2) is 6.84. The minimum absolute atomic E-state index is 0.0499. The first-order chi connectivity index (χ1) is 14.1. The Labute approximate surface area is 168 Å². The average molecular weight is 387 g/mol. The summed E-state index contributed by atoms with van der Waals surface area (Å²) in [6.07, 6.45) is 1.21. The van der Waals surface area contributed by atoms with Gasteiger partial charge in [0.25, 0.3) is 5.95 Å². The van der Waals surface area contributed by atoms with Gasteiger partial charge < -0.3 is 5.32 Å². The van der Waals surface area contributed by atoms with Crippen molar-refractivity contribution in [1.29, 1.82) is 0 Å². The number of carbonyl (C=O) groups excluding carboxylic acids is 2. The van der Waals surface area contributed by atoms with Gasteiger partial charge in [-0.25, -0.2) is 9.58 Å². The molecule has 0 radical (unpaired) electrons. The van der Waals surface area contributed by atoms with E-state index in [4.69, 9.17) is 0 Å². The Morgan fingerprint density at radius 2 is 1.62 bits per heavy atom. The van der Waals surface area contributed by atoms with Crippen molar-refractivity contribution in [2.45, 2.75) is 38.3 Å². The van der Waals surface area contributed by atoms with Crippen LogP contribution < -0.4 is 10.2 Å². The number of aryl methyl sites for hydroxylation is 1. The standard InChI is InChI=1S/C22H21N5O2/c1-14-7-9-16(10-8-14)18-13-17(15-5-3-2-4-6-15)23-21-24-22(25-27(18)21)26-19(28)11-12-20(26)29/h2-10,17-18H,11-13H2,1H3,(H,23,24,25)/t17-,18-/m1/s1. The van der Waals surface area contributed by atoms with Crippen LogP contribution in [0.15, 0.2) is 54.6 Å². The van der Waals surface area contributed by atoms with Gasteiger partial charge in [0.15, 0.2) is 0 Å². The lowest BCUT2D eigenvalue weighted by molar-refractivity contribution is -0.121. The molecule has 0 saturated carbocycles. The molecular weight excluding hydrogens is 366 g/mol. The SMILES string of the molecule is Cc1ccc([C@H]2C[C@H](c3ccccc3)Nc3nc(N4C(=O)CCC4=O)nn32)cc1. The summed E-state index contributed by atoms with van der Waals surface area (Å²) in [4.78, 5) is 30.0. The van der Waals surface area contributed by atoms with Crippen molar-refractivity contribution in [3.05, 3.63) is 71.3 Å². The summed E-state index contributed by atoms with van der Waals surface area (Å²) in [5.74, 6) is 0.234. The fourth-order valence-electron chi connectivity index (χ4n) is 4.03. The second-order valence-electron chi connectivity index (χ2n) is 7.57. The van der Waals surface area contributed by atoms with Crippen molar-refractivity contribution >= 4 is 23.7 Å². The first kappa shape index (κ1) is 17.6. The summed E-state index contributed by atoms with van der Waals surface area (Å²) < 4.78 is 1.80. The van der Waals surface area contributed by atoms with Gasteiger partial charge in [-0.2, -0.15) is 4.98 Å². The van der Waals surface area contributed by atoms with E-state index >= 15 is 0 Å². The maximum Gasteiger partial charge on any atom is 0.260 e. The van der Waals surface area contributed by atoms with E-state index in [0.717, 1.165) is 22.4 Å². The van der Waals surface area contributed by atoms with E-state index in [1.54, 1.807) is 4.68 Å². The molecule has 2 aliphatic heterocycles. The van der Waals surface area contributed by atoms with E-state index in [1.165, 1.54) is 5.56 Å². The Morgan fingerprint density at radius 3 is 2.31 bits per heavy atom. The molecule has 0 spiro atoms. The Morgan fingerprint density at radius 1 is 0.931 bits per heavy atom. The average Bonchev–Trinajstić information content (AvgIpc) is 3.30. The smallest absolute Gasteiger partial charge is 0.260 e. The summed E-state index contributed by atoms with van der Waals surface area (Å²) >= 11 is 0. The van der Waals surface area contributed by atoms with Crippen molar-refractivity contribution < 1.29 is 9.59 Å². The van der Waals surface area contributed by atoms with Crippen molar-refractivity contribution in [1.82, 2.24) is 14.8 Å². The molecule has 2 aliphatic rings. The number of benzene rings is 2. The van der Waals surface area contributed by atoms with Gasteiger partial charge in [-0.05, 0) is 24.5 Å². The van der Waals surface area contributed by atoms with Crippen LogP contribution in [0.5, 0.6) is 0 Å². The number of hydrogen-bond donors (Lipinski definition) is 1. The number of rotatable bonds is 3. The summed E-state index contributed by atoms with van der Waals surface area (Å²) in [7, 11) is 0. The summed E-state index contributed by atoms with van der Waals surface area (Å²) in [6, 6.07) is 18.6. The quantitative estimate of drug-likeness (QED) is 0.697. The highest BCUT2D eigenvalue weighted by Gasteiger charge is 2.37. The molecule has 1 N–H and O–H groups in total. The molecule has 0 unspecified atom stereocenters. The molecule has 0 bridgehead atoms. The first-order valence-electron chi connectivity index (χ1n) is 9.80. The lowest BCUT2D eigenvalue weighted by atomic mass is 9.93. The van der Waals surface area contributed by atoms with Crippen LogP contribution in [-0.2, 0) is 9.59 Å². The number of aromatic nitrogens is 3. The van der Waals surface area contributed by atoms with Crippen molar-refractivity contribution in [2.75, 3.05) is 10.2 Å². The Balaban J connectivity index is 1.58. The van der Waals surface area contributed by atoms with Crippen molar-refractivity contribution in [3.63, 3.8) is 0 Å². The van der Waals surface area contributed by atoms with E-state index < -0.39 is 0 Å². The molecule has 1 aromatic heterocycles. The van der Waals surface area contributed by atoms with Crippen LogP contribution in [0.2, 0.25) is 0 Å². The Kier molecular flexibility index (Phi) is 4.16. The van der Waals surface area contributed by atoms with Crippen LogP contribution in [0, 0.1) is 6.92 Å². The molecule has 7 heteroatoms. The van der Waals surface area contributed by atoms with Gasteiger partial charge in [0.2, 0.25) is 17.8 Å². The molecule has 1 fully saturated rings. The van der Waals surface area contributed by atoms with Crippen LogP contribution in [0.1, 0.15) is 48.0 Å². The van der Waals surface area contributed by atoms with Crippen LogP contribution in [0.4, 0.5) is 11.9 Å². The topological polar surface area (TPSA) is 80.1 Å². The van der Waals surface area contributed by atoms with E-state index in [1.807, 2.05) is 18.2 Å². The fourth-order valence-corrected chi connectivity index (χ4v) is 4.03. The predicted molar refractivity (Wildman–Crippen MR) is 108 cm³/mol. The van der Waals surface area contributed by atoms with Gasteiger partial charge in [0, 0.05) is 12.8 Å². The monoisotopic (exact) mass is 387 g/mol. The molecule has 2 amide bonds. The van der Waals surface area contributed by atoms with Crippen LogP contribution in [0.25, 0.3) is 0 Å². The van der Waals surface area contributed by atoms with E-state index in [9.17, 15) is 9.59 Å². The number of nitrogens with zero attached hydrogens (tertiary/aromatic N) is 4. The summed E-state index contributed by atoms with van der Waals surface area (Å²) in [5.41, 5.74) is 3.47. The van der Waals surface area contributed by atoms with E-state index in [2.05, 4.69) is 58.7 Å². The lowest BCUT2D eigenvalue weighted by Gasteiger charge is -2.31. The van der Waals surface area contributed by atoms with Gasteiger partial charge in [0.05, 0.1) is 12.1 Å². The van der Waals surface area contributed by atoms with Crippen LogP contribution >= 0.6 is 0 Å². The number of hydrogen-bond acceptors (Lipinski definition) is 5. The maximum absolute atomic E-state index is 12.2. The van der Waals surface area contributed by atoms with E-state index in [-0.39, 0.29) is 42.7 Å². The van der Waals surface area contributed by atoms with E-state index in [0.29, 0.717) is 5.95 Å². The highest BCUT2D eigenvalue weighted by Crippen LogP contribution is 2.39. The van der Waals surface area contributed by atoms with Gasteiger partial charge in [-0.15, -0.1) is 5.10 Å². The minimum Gasteiger partial charge on any atom is -0.347 e. The summed E-state index contributed by atoms with van der Waals surface area (Å²) in [6.45, 7) is 2.06. The fraction of sp³-hybridized carbons (Fsp3) is 0.273. The molecule has 7 nitrogen and oxygen atoms in total. The minimum atomic E-state index is -0.246. The normalized spacial score (nSPS) is 21.2. The third kappa shape index (κ3) is 3.08. The van der Waals surface area contributed by atoms with Gasteiger partial charge in [0.1, 0.15) is 0 Å². The third-order valence-electron chi connectivity index (χ3n) is 5.59. The molecule has 5 rings (SSSR count). The number of amides is 2. The lowest BCUT2D eigenvalue weighted by Crippen LogP contribution is -2.30. The first-order valence-corrected chi connectivity index (χ1v) is 9.80. The van der Waals surface area contributed by atoms with Crippen LogP contribution in [0.3, 0.4) is 0 Å².